The van der Waals surface area contributed by atoms with E-state index in [9.17, 15) is 29.7 Å². The number of amides is 2. The van der Waals surface area contributed by atoms with Gasteiger partial charge in [-0.05, 0) is 213 Å². The molecule has 17 nitrogen and oxygen atoms in total. The summed E-state index contributed by atoms with van der Waals surface area (Å²) in [5.74, 6) is 0.0498. The van der Waals surface area contributed by atoms with Crippen LogP contribution < -0.4 is 21.3 Å². The van der Waals surface area contributed by atoms with Gasteiger partial charge in [-0.25, -0.2) is 34.7 Å². The number of unbranched alkanes of at least 4 members (excludes halogenated alkanes) is 3. The van der Waals surface area contributed by atoms with E-state index in [1.807, 2.05) is 54.5 Å². The minimum absolute atomic E-state index is 0. The summed E-state index contributed by atoms with van der Waals surface area (Å²) in [7, 11) is 2.52. The van der Waals surface area contributed by atoms with Crippen molar-refractivity contribution in [1.29, 1.82) is 0 Å². The Labute approximate surface area is 606 Å². The number of allylic oxidation sites excluding steroid dienone is 24. The smallest absolute Gasteiger partial charge is 0.407 e. The van der Waals surface area contributed by atoms with Gasteiger partial charge in [-0.15, -0.1) is 8.93 Å². The van der Waals surface area contributed by atoms with Crippen LogP contribution in [-0.4, -0.2) is 86.2 Å². The summed E-state index contributed by atoms with van der Waals surface area (Å²) in [5.41, 5.74) is 29.2. The van der Waals surface area contributed by atoms with Gasteiger partial charge in [0.2, 0.25) is 5.91 Å². The second kappa shape index (κ2) is 33.6. The molecule has 2 fully saturated rings. The van der Waals surface area contributed by atoms with Gasteiger partial charge in [-0.2, -0.15) is 0 Å². The lowest BCUT2D eigenvalue weighted by atomic mass is 9.86. The molecule has 10 aliphatic heterocycles. The maximum absolute atomic E-state index is 13.2. The first-order chi connectivity index (χ1) is 47.2. The van der Waals surface area contributed by atoms with E-state index in [1.165, 1.54) is 27.9 Å². The summed E-state index contributed by atoms with van der Waals surface area (Å²) in [4.78, 5) is 67.3. The summed E-state index contributed by atoms with van der Waals surface area (Å²) in [6.07, 6.45) is 21.8. The summed E-state index contributed by atoms with van der Waals surface area (Å²) in [6, 6.07) is 0. The number of carbonyl (C=O) groups is 3. The molecule has 2 aliphatic carbocycles. The zero-order chi connectivity index (χ0) is 72.1. The van der Waals surface area contributed by atoms with E-state index in [4.69, 9.17) is 34.7 Å². The van der Waals surface area contributed by atoms with Crippen LogP contribution in [0.25, 0.3) is 0 Å². The van der Waals surface area contributed by atoms with Gasteiger partial charge in [-0.1, -0.05) is 91.1 Å². The predicted octanol–water partition coefficient (Wildman–Crippen LogP) is 19.4. The standard InChI is InChI=1S/C44H58N6O4.C33H36N4O3.C2H6.CH4.BrH3P2/c1-10-28-24(3)32-21-34-26(5)30(16-17-39(52)45-18-14-12-13-15-19-46-43(53)54-44(7,8)9)41(49-34)31-20-38(51)40-27(6)35(50-42(31)40)23-37-29(11-2)25(4)33(48-37)22-36(28)47-32;1-7-19-15(3)23-12-25-17(5)21(9-10-30(39)40)32(36-25)22-11-29(38)31-18(6)26(37-33(22)31)14-28-20(8-2)16(4)24(35-28)13-27(19)34-23;1-2;;1-3-2/h21-23,26,30,49,51H,10-20H2,1-9H3,(H,45,52)(H,46,53);12-14,17,21,36,38H,7-11H2,1-6H3,(H,39,40);1-2H3;1H4;3H,2H2/t26-,30-;17-,21-;;;/m00.../s1. The Kier molecular flexibility index (Phi) is 26.3. The number of hydrogen-bond acceptors (Lipinski definition) is 14. The van der Waals surface area contributed by atoms with Crippen molar-refractivity contribution in [2.45, 2.75) is 221 Å². The number of rotatable bonds is 17. The van der Waals surface area contributed by atoms with Crippen molar-refractivity contribution in [2.24, 2.45) is 53.6 Å². The van der Waals surface area contributed by atoms with Crippen molar-refractivity contribution in [2.75, 3.05) is 13.1 Å². The van der Waals surface area contributed by atoms with Crippen LogP contribution in [0.3, 0.4) is 0 Å². The number of nitrogens with one attached hydrogen (secondary N) is 4. The number of halogens is 1. The molecule has 20 heteroatoms. The summed E-state index contributed by atoms with van der Waals surface area (Å²) in [6.45, 7) is 37.2. The predicted molar refractivity (Wildman–Crippen MR) is 421 cm³/mol. The molecule has 0 spiro atoms. The van der Waals surface area contributed by atoms with Crippen LogP contribution in [0.4, 0.5) is 4.79 Å². The summed E-state index contributed by atoms with van der Waals surface area (Å²) in [5, 5.41) is 45.4. The Morgan fingerprint density at radius 2 is 0.920 bits per heavy atom. The Hall–Kier alpha value is -7.39. The lowest BCUT2D eigenvalue weighted by Gasteiger charge is -2.19. The number of aliphatic hydroxyl groups is 2. The number of carboxylic acid groups (broad SMARTS) is 1. The maximum Gasteiger partial charge on any atom is 0.407 e. The molecule has 0 aromatic heterocycles. The van der Waals surface area contributed by atoms with Crippen molar-refractivity contribution < 1.29 is 34.4 Å². The van der Waals surface area contributed by atoms with E-state index in [0.29, 0.717) is 56.7 Å². The number of fused-ring (bicyclic) bond motifs is 10. The van der Waals surface area contributed by atoms with Crippen LogP contribution in [0.15, 0.2) is 213 Å². The SMILES string of the molecule is C.CC.CCC1=C(C)C2=NC1=CC1=C(C)C3=C(O)CC(=C4NC(=CC5=NC(=C2)C(CC)=C5C)[C@@H](C)[C@@H]4CCC(=O)NCCCCCCNC(=O)OC(C)(C)C)C3=N1.CCC1=C(C)C2=NC1=CC1=C(C)C3=C(O)CC(=C4NC(=CC5=NC(=C2)C(CC)=C5C)[C@@H](C)[C@@H]4CCC(=O)O)C3=N1.PPBr. The Morgan fingerprint density at radius 1 is 0.570 bits per heavy atom. The van der Waals surface area contributed by atoms with E-state index in [0.717, 1.165) is 200 Å². The number of hydrogen-bond donors (Lipinski definition) is 7. The molecule has 0 aromatic carbocycles. The van der Waals surface area contributed by atoms with E-state index >= 15 is 0 Å². The van der Waals surface area contributed by atoms with Gasteiger partial charge in [0, 0.05) is 108 Å². The fourth-order valence-electron chi connectivity index (χ4n) is 15.2. The molecule has 2 saturated heterocycles. The van der Waals surface area contributed by atoms with E-state index in [2.05, 4.69) is 145 Å². The van der Waals surface area contributed by atoms with Gasteiger partial charge in [0.05, 0.1) is 68.5 Å². The number of aliphatic hydroxyl groups excluding tert-OH is 2. The molecule has 0 radical (unpaired) electrons. The zero-order valence-corrected chi connectivity index (χ0v) is 64.9. The third-order valence-corrected chi connectivity index (χ3v) is 20.5. The highest BCUT2D eigenvalue weighted by molar-refractivity contribution is 9.41. The fraction of sp³-hybridized carbons (Fsp3) is 0.487. The Morgan fingerprint density at radius 3 is 1.28 bits per heavy atom. The summed E-state index contributed by atoms with van der Waals surface area (Å²) < 4.78 is 5.28. The monoisotopic (exact) mass is 1460 g/mol. The average Bonchev–Trinajstić information content (AvgIpc) is 1.59. The lowest BCUT2D eigenvalue weighted by Crippen LogP contribution is -2.33. The molecule has 10 heterocycles. The van der Waals surface area contributed by atoms with Gasteiger partial charge in [-0.3, -0.25) is 9.59 Å². The maximum atomic E-state index is 13.2. The molecule has 536 valence electrons. The van der Waals surface area contributed by atoms with Crippen LogP contribution in [0.2, 0.25) is 0 Å². The largest absolute Gasteiger partial charge is 0.511 e. The topological polar surface area (TPSA) is 243 Å². The fourth-order valence-corrected chi connectivity index (χ4v) is 15.2. The number of aliphatic imine (C=N–C) groups is 6. The lowest BCUT2D eigenvalue weighted by molar-refractivity contribution is -0.137. The second-order valence-corrected chi connectivity index (χ2v) is 32.7. The van der Waals surface area contributed by atoms with E-state index in [1.54, 1.807) is 0 Å². The molecule has 2 amide bonds. The molecule has 2 unspecified atom stereocenters. The number of aliphatic carboxylic acids is 1. The first-order valence-corrected chi connectivity index (χ1v) is 40.7. The van der Waals surface area contributed by atoms with Crippen LogP contribution in [-0.2, 0) is 14.3 Å². The highest BCUT2D eigenvalue weighted by Gasteiger charge is 2.44. The number of nitrogens with zero attached hydrogens (tertiary/aromatic N) is 6. The minimum atomic E-state index is -0.808. The second-order valence-electron chi connectivity index (χ2n) is 27.7. The highest BCUT2D eigenvalue weighted by Crippen LogP contribution is 2.49. The highest BCUT2D eigenvalue weighted by atomic mass is 79.9. The van der Waals surface area contributed by atoms with E-state index < -0.39 is 11.6 Å². The van der Waals surface area contributed by atoms with Crippen molar-refractivity contribution in [3.63, 3.8) is 0 Å². The molecular formula is C80H107BrN10O7P2. The molecule has 0 saturated carbocycles. The molecule has 12 rings (SSSR count). The van der Waals surface area contributed by atoms with Crippen LogP contribution in [0.1, 0.15) is 215 Å². The molecule has 7 N–H and O–H groups in total. The van der Waals surface area contributed by atoms with Crippen LogP contribution >= 0.6 is 31.4 Å². The quantitative estimate of drug-likeness (QED) is 0.0540. The zero-order valence-electron chi connectivity index (χ0n) is 61.2. The summed E-state index contributed by atoms with van der Waals surface area (Å²) >= 11 is 3.14. The molecule has 16 bridgehead atoms. The van der Waals surface area contributed by atoms with Gasteiger partial charge >= 0.3 is 12.1 Å². The van der Waals surface area contributed by atoms with Gasteiger partial charge in [0.15, 0.2) is 0 Å². The van der Waals surface area contributed by atoms with Crippen molar-refractivity contribution in [3.05, 3.63) is 183 Å². The number of carbonyl (C=O) groups excluding carboxylic acids is 2. The van der Waals surface area contributed by atoms with Crippen LogP contribution in [0, 0.1) is 23.7 Å². The first-order valence-electron chi connectivity index (χ1n) is 35.7. The number of ether oxygens (including phenoxy) is 1. The molecule has 6 atom stereocenters. The van der Waals surface area contributed by atoms with E-state index in [-0.39, 0.29) is 49.5 Å². The van der Waals surface area contributed by atoms with Crippen molar-refractivity contribution >= 4 is 83.6 Å². The minimum Gasteiger partial charge on any atom is -0.511 e. The van der Waals surface area contributed by atoms with Gasteiger partial charge in [0.25, 0.3) is 0 Å². The van der Waals surface area contributed by atoms with Crippen molar-refractivity contribution in [1.82, 2.24) is 21.3 Å². The Bertz CT molecular complexity index is 4180. The normalized spacial score (nSPS) is 22.4. The van der Waals surface area contributed by atoms with Crippen molar-refractivity contribution in [3.8, 4) is 0 Å². The third-order valence-electron chi connectivity index (χ3n) is 20.5. The number of carboxylic acids is 1. The third kappa shape index (κ3) is 16.4. The number of alkyl carbamates (subject to hydrolysis) is 1. The van der Waals surface area contributed by atoms with Crippen LogP contribution in [0.5, 0.6) is 0 Å². The van der Waals surface area contributed by atoms with Gasteiger partial charge < -0.3 is 41.3 Å². The Balaban J connectivity index is 0.000000245. The molecule has 0 aromatic rings. The molecule has 12 aliphatic rings. The average molecular weight is 1460 g/mol. The molecule has 100 heavy (non-hydrogen) atoms. The first kappa shape index (κ1) is 78.3. The van der Waals surface area contributed by atoms with Gasteiger partial charge in [0.1, 0.15) is 17.1 Å². The molecular weight excluding hydrogens is 1350 g/mol.